The lowest BCUT2D eigenvalue weighted by molar-refractivity contribution is 0.240. The molecule has 0 aliphatic carbocycles. The van der Waals surface area contributed by atoms with Crippen molar-refractivity contribution in [3.63, 3.8) is 0 Å². The van der Waals surface area contributed by atoms with E-state index in [-0.39, 0.29) is 6.67 Å². The van der Waals surface area contributed by atoms with Crippen LogP contribution in [0.4, 0.5) is 4.39 Å². The summed E-state index contributed by atoms with van der Waals surface area (Å²) in [6.45, 7) is 2.64. The van der Waals surface area contributed by atoms with Crippen LogP contribution in [0.3, 0.4) is 0 Å². The van der Waals surface area contributed by atoms with Crippen molar-refractivity contribution in [2.24, 2.45) is 0 Å². The van der Waals surface area contributed by atoms with E-state index in [4.69, 9.17) is 0 Å². The predicted molar refractivity (Wildman–Crippen MR) is 53.8 cm³/mol. The van der Waals surface area contributed by atoms with Gasteiger partial charge < -0.3 is 0 Å². The van der Waals surface area contributed by atoms with Crippen molar-refractivity contribution < 1.29 is 4.39 Å². The normalized spacial score (nSPS) is 16.6. The summed E-state index contributed by atoms with van der Waals surface area (Å²) in [6.07, 6.45) is 5.49. The number of alkyl halides is 1. The molecule has 0 fully saturated rings. The average Bonchev–Trinajstić information content (AvgIpc) is 2.26. The molecule has 2 nitrogen and oxygen atoms in total. The van der Waals surface area contributed by atoms with Crippen molar-refractivity contribution in [3.05, 3.63) is 29.6 Å². The molecule has 3 heteroatoms. The standard InChI is InChI=1S/C11H15FN2/c12-4-1-6-14-7-3-10-2-5-13-8-11(10)9-14/h2,5,8H,1,3-4,6-7,9H2. The summed E-state index contributed by atoms with van der Waals surface area (Å²) in [5.41, 5.74) is 2.70. The van der Waals surface area contributed by atoms with Gasteiger partial charge in [0.05, 0.1) is 6.67 Å². The third-order valence-electron chi connectivity index (χ3n) is 2.70. The molecule has 76 valence electrons. The van der Waals surface area contributed by atoms with Crippen molar-refractivity contribution in [2.75, 3.05) is 19.8 Å². The lowest BCUT2D eigenvalue weighted by atomic mass is 10.0. The molecule has 0 bridgehead atoms. The molecule has 14 heavy (non-hydrogen) atoms. The lowest BCUT2D eigenvalue weighted by Gasteiger charge is -2.27. The Labute approximate surface area is 83.8 Å². The summed E-state index contributed by atoms with van der Waals surface area (Å²) in [4.78, 5) is 6.41. The van der Waals surface area contributed by atoms with E-state index in [0.29, 0.717) is 6.42 Å². The second-order valence-corrected chi connectivity index (χ2v) is 3.71. The monoisotopic (exact) mass is 194 g/mol. The second-order valence-electron chi connectivity index (χ2n) is 3.71. The maximum Gasteiger partial charge on any atom is 0.0906 e. The third kappa shape index (κ3) is 2.10. The van der Waals surface area contributed by atoms with E-state index in [0.717, 1.165) is 26.1 Å². The number of nitrogens with zero attached hydrogens (tertiary/aromatic N) is 2. The Balaban J connectivity index is 1.99. The summed E-state index contributed by atoms with van der Waals surface area (Å²) < 4.78 is 12.0. The zero-order chi connectivity index (χ0) is 9.80. The molecular weight excluding hydrogens is 179 g/mol. The van der Waals surface area contributed by atoms with Crippen LogP contribution in [0.5, 0.6) is 0 Å². The van der Waals surface area contributed by atoms with Crippen molar-refractivity contribution in [3.8, 4) is 0 Å². The van der Waals surface area contributed by atoms with Crippen LogP contribution in [0.1, 0.15) is 17.5 Å². The highest BCUT2D eigenvalue weighted by molar-refractivity contribution is 5.25. The molecule has 1 aliphatic rings. The first kappa shape index (κ1) is 9.59. The summed E-state index contributed by atoms with van der Waals surface area (Å²) in [7, 11) is 0. The quantitative estimate of drug-likeness (QED) is 0.729. The molecule has 0 saturated heterocycles. The fraction of sp³-hybridized carbons (Fsp3) is 0.545. The zero-order valence-corrected chi connectivity index (χ0v) is 8.25. The van der Waals surface area contributed by atoms with Crippen molar-refractivity contribution in [1.29, 1.82) is 0 Å². The van der Waals surface area contributed by atoms with E-state index < -0.39 is 0 Å². The number of aromatic nitrogens is 1. The number of fused-ring (bicyclic) bond motifs is 1. The van der Waals surface area contributed by atoms with Crippen LogP contribution >= 0.6 is 0 Å². The fourth-order valence-corrected chi connectivity index (χ4v) is 1.91. The molecule has 2 heterocycles. The van der Waals surface area contributed by atoms with Gasteiger partial charge in [-0.15, -0.1) is 0 Å². The van der Waals surface area contributed by atoms with Crippen molar-refractivity contribution in [1.82, 2.24) is 9.88 Å². The highest BCUT2D eigenvalue weighted by Crippen LogP contribution is 2.17. The Morgan fingerprint density at radius 3 is 3.21 bits per heavy atom. The molecule has 2 rings (SSSR count). The average molecular weight is 194 g/mol. The zero-order valence-electron chi connectivity index (χ0n) is 8.25. The van der Waals surface area contributed by atoms with Gasteiger partial charge in [0.25, 0.3) is 0 Å². The van der Waals surface area contributed by atoms with Crippen LogP contribution in [0.15, 0.2) is 18.5 Å². The number of halogens is 1. The molecular formula is C11H15FN2. The number of hydrogen-bond donors (Lipinski definition) is 0. The van der Waals surface area contributed by atoms with Gasteiger partial charge in [-0.25, -0.2) is 0 Å². The Morgan fingerprint density at radius 1 is 1.43 bits per heavy atom. The maximum absolute atomic E-state index is 12.0. The largest absolute Gasteiger partial charge is 0.299 e. The minimum atomic E-state index is -0.212. The highest BCUT2D eigenvalue weighted by atomic mass is 19.1. The van der Waals surface area contributed by atoms with Crippen LogP contribution in [0, 0.1) is 0 Å². The lowest BCUT2D eigenvalue weighted by Crippen LogP contribution is -2.31. The smallest absolute Gasteiger partial charge is 0.0906 e. The third-order valence-corrected chi connectivity index (χ3v) is 2.70. The Morgan fingerprint density at radius 2 is 2.36 bits per heavy atom. The van der Waals surface area contributed by atoms with Gasteiger partial charge in [0, 0.05) is 32.0 Å². The molecule has 0 radical (unpaired) electrons. The van der Waals surface area contributed by atoms with Crippen LogP contribution < -0.4 is 0 Å². The maximum atomic E-state index is 12.0. The Hall–Kier alpha value is -0.960. The molecule has 0 spiro atoms. The van der Waals surface area contributed by atoms with Crippen molar-refractivity contribution in [2.45, 2.75) is 19.4 Å². The summed E-state index contributed by atoms with van der Waals surface area (Å²) in [6, 6.07) is 2.09. The molecule has 1 aliphatic heterocycles. The van der Waals surface area contributed by atoms with Crippen molar-refractivity contribution >= 4 is 0 Å². The summed E-state index contributed by atoms with van der Waals surface area (Å²) >= 11 is 0. The number of hydrogen-bond acceptors (Lipinski definition) is 2. The van der Waals surface area contributed by atoms with Gasteiger partial charge >= 0.3 is 0 Å². The van der Waals surface area contributed by atoms with Crippen LogP contribution in [-0.2, 0) is 13.0 Å². The van der Waals surface area contributed by atoms with Gasteiger partial charge in [-0.05, 0) is 30.0 Å². The highest BCUT2D eigenvalue weighted by Gasteiger charge is 2.14. The first-order valence-corrected chi connectivity index (χ1v) is 5.10. The van der Waals surface area contributed by atoms with Gasteiger partial charge in [-0.1, -0.05) is 0 Å². The van der Waals surface area contributed by atoms with Crippen LogP contribution in [-0.4, -0.2) is 29.6 Å². The molecule has 0 atom stereocenters. The predicted octanol–water partition coefficient (Wildman–Crippen LogP) is 1.80. The van der Waals surface area contributed by atoms with E-state index in [1.807, 2.05) is 12.4 Å². The molecule has 0 saturated carbocycles. The van der Waals surface area contributed by atoms with E-state index >= 15 is 0 Å². The molecule has 0 N–H and O–H groups in total. The Bertz CT molecular complexity index is 301. The molecule has 0 aromatic carbocycles. The van der Waals surface area contributed by atoms with E-state index in [9.17, 15) is 4.39 Å². The fourth-order valence-electron chi connectivity index (χ4n) is 1.91. The van der Waals surface area contributed by atoms with Gasteiger partial charge in [0.15, 0.2) is 0 Å². The molecule has 1 aromatic rings. The van der Waals surface area contributed by atoms with Crippen LogP contribution in [0.25, 0.3) is 0 Å². The SMILES string of the molecule is FCCCN1CCc2ccncc2C1. The Kier molecular flexibility index (Phi) is 3.09. The summed E-state index contributed by atoms with van der Waals surface area (Å²) in [5, 5.41) is 0. The van der Waals surface area contributed by atoms with Crippen LogP contribution in [0.2, 0.25) is 0 Å². The van der Waals surface area contributed by atoms with Gasteiger partial charge in [0.2, 0.25) is 0 Å². The number of rotatable bonds is 3. The number of pyridine rings is 1. The molecule has 1 aromatic heterocycles. The molecule has 0 unspecified atom stereocenters. The van der Waals surface area contributed by atoms with E-state index in [1.165, 1.54) is 11.1 Å². The first-order valence-electron chi connectivity index (χ1n) is 5.10. The molecule has 0 amide bonds. The summed E-state index contributed by atoms with van der Waals surface area (Å²) in [5.74, 6) is 0. The van der Waals surface area contributed by atoms with Gasteiger partial charge in [-0.3, -0.25) is 14.3 Å². The second kappa shape index (κ2) is 4.51. The minimum Gasteiger partial charge on any atom is -0.299 e. The minimum absolute atomic E-state index is 0.212. The van der Waals surface area contributed by atoms with E-state index in [2.05, 4.69) is 16.0 Å². The van der Waals surface area contributed by atoms with E-state index in [1.54, 1.807) is 0 Å². The topological polar surface area (TPSA) is 16.1 Å². The van der Waals surface area contributed by atoms with Gasteiger partial charge in [0.1, 0.15) is 0 Å². The first-order chi connectivity index (χ1) is 6.90. The van der Waals surface area contributed by atoms with Gasteiger partial charge in [-0.2, -0.15) is 0 Å².